The van der Waals surface area contributed by atoms with Crippen molar-refractivity contribution < 1.29 is 67.6 Å². The number of carbonyl (C=O) groups is 5. The fraction of sp³-hybridized carbons (Fsp3) is 0.548. The van der Waals surface area contributed by atoms with Crippen LogP contribution in [0.1, 0.15) is 212 Å². The topological polar surface area (TPSA) is 164 Å². The van der Waals surface area contributed by atoms with Crippen molar-refractivity contribution in [2.45, 2.75) is 231 Å². The third-order valence-electron chi connectivity index (χ3n) is 16.7. The Morgan fingerprint density at radius 2 is 1.21 bits per heavy atom. The van der Waals surface area contributed by atoms with Crippen molar-refractivity contribution in [1.29, 1.82) is 0 Å². The SMILES string of the molecule is C.C.C/C=C/[C@H](C)Cc1cccc(C)c1.CCC#CCCCC(=O)OC.COC(=O)CCCC#CC[C@H]1C(=O)C[C@@H](C)C1/C=C/[C@H](C)Cc1cccc(C)c1.C[C@H]1C=CC(=O)C1.Cc1cccc(C[C@@H](O)/C=C/[C@@H]2[C@H]3CC(CCCCC(=O)O)=C[C@H]3C[C@H]2O)c1.[CH2-]CCC.[Li+]. The van der Waals surface area contributed by atoms with E-state index in [0.29, 0.717) is 86.2 Å². The predicted octanol–water partition coefficient (Wildman–Crippen LogP) is 15.9. The number of aliphatic carboxylic acids is 1. The molecule has 0 spiro atoms. The van der Waals surface area contributed by atoms with Gasteiger partial charge in [0, 0.05) is 76.0 Å². The molecule has 95 heavy (non-hydrogen) atoms. The van der Waals surface area contributed by atoms with Crippen LogP contribution in [0.15, 0.2) is 133 Å². The third-order valence-corrected chi connectivity index (χ3v) is 16.7. The molecule has 11 atom stereocenters. The fourth-order valence-corrected chi connectivity index (χ4v) is 11.9. The molecule has 1 unspecified atom stereocenters. The molecule has 0 saturated heterocycles. The molecule has 0 aliphatic heterocycles. The zero-order valence-electron chi connectivity index (χ0n) is 59.2. The number of benzene rings is 3. The third kappa shape index (κ3) is 40.8. The first-order valence-electron chi connectivity index (χ1n) is 34.1. The van der Waals surface area contributed by atoms with Gasteiger partial charge >= 0.3 is 36.8 Å². The van der Waals surface area contributed by atoms with Crippen LogP contribution in [-0.2, 0) is 52.7 Å². The number of aliphatic hydroxyl groups excluding tert-OH is 2. The number of Topliss-reactive ketones (excluding diaryl/α,β-unsaturated/α-hetero) is 1. The molecule has 0 amide bonds. The van der Waals surface area contributed by atoms with Crippen LogP contribution in [0.25, 0.3) is 0 Å². The van der Waals surface area contributed by atoms with Gasteiger partial charge in [0.15, 0.2) is 5.78 Å². The van der Waals surface area contributed by atoms with Crippen molar-refractivity contribution in [3.63, 3.8) is 0 Å². The summed E-state index contributed by atoms with van der Waals surface area (Å²) in [5, 5.41) is 29.6. The van der Waals surface area contributed by atoms with E-state index in [0.717, 1.165) is 82.6 Å². The number of carboxylic acids is 1. The number of ether oxygens (including phenoxy) is 2. The van der Waals surface area contributed by atoms with Crippen molar-refractivity contribution in [1.82, 2.24) is 0 Å². The maximum atomic E-state index is 12.5. The Morgan fingerprint density at radius 1 is 0.695 bits per heavy atom. The van der Waals surface area contributed by atoms with Gasteiger partial charge < -0.3 is 31.7 Å². The van der Waals surface area contributed by atoms with Crippen LogP contribution in [-0.4, -0.2) is 71.2 Å². The number of rotatable bonds is 24. The molecule has 4 aliphatic rings. The summed E-state index contributed by atoms with van der Waals surface area (Å²) < 4.78 is 9.10. The van der Waals surface area contributed by atoms with Gasteiger partial charge in [0.2, 0.25) is 0 Å². The molecule has 0 aromatic heterocycles. The standard InChI is InChI=1S/C26H34O3.C24H32O4.C13H18.C9H14O2.C6H8O.C4H9.2CH4.Li/c1-19-10-9-11-22(16-19)17-20(2)14-15-23-21(3)18-25(27)24(23)12-7-5-6-8-13-26(28)29-4;1-16-5-4-7-17(11-16)13-20(25)9-10-21-22-14-18(6-2-3-8-24(27)28)12-19(22)15-23(21)26;1-4-6-11(2)9-13-8-5-7-12(3)10-13;1-3-4-5-6-7-8-9(10)11-2;1-5-2-3-6(7)4-5;1-3-4-2;;;/h9-11,14-16,20-21,23-24H,6,8,12-13,17-18H2,1-4H3;4-5,7,9-12,19-23,25-26H,2-3,6,8,13-15H2,1H3,(H,27,28);4-8,10-11H,9H2,1-3H3;3,6-8H2,1-2H3;2-3,5H,4H2,1H3;1,3-4H2,2H3;2*1H4;/q;;;;;-1;;;+1/b15-14+;10-9+;6-4+;;;;;;/t20-,21+,23?,24+;19-,20-,21+,22-,23+;11-;;5-;;;;/m000.0..../s1. The first-order valence-corrected chi connectivity index (χ1v) is 34.1. The quantitative estimate of drug-likeness (QED) is 0.0196. The number of carbonyl (C=O) groups excluding carboxylic acids is 4. The van der Waals surface area contributed by atoms with Crippen LogP contribution in [0.4, 0.5) is 0 Å². The number of esters is 2. The van der Waals surface area contributed by atoms with Gasteiger partial charge in [0.25, 0.3) is 0 Å². The summed E-state index contributed by atoms with van der Waals surface area (Å²) in [5.41, 5.74) is 9.15. The van der Waals surface area contributed by atoms with E-state index in [9.17, 15) is 34.2 Å². The first-order chi connectivity index (χ1) is 44.0. The Bertz CT molecular complexity index is 2940. The number of aryl methyl sites for hydroxylation is 3. The van der Waals surface area contributed by atoms with E-state index < -0.39 is 12.1 Å². The molecule has 2 saturated carbocycles. The van der Waals surface area contributed by atoms with E-state index in [2.05, 4.69) is 174 Å². The normalized spacial score (nSPS) is 20.3. The van der Waals surface area contributed by atoms with Crippen LogP contribution in [0, 0.1) is 105 Å². The first kappa shape index (κ1) is 90.8. The maximum absolute atomic E-state index is 12.5. The summed E-state index contributed by atoms with van der Waals surface area (Å²) in [7, 11) is 2.80. The summed E-state index contributed by atoms with van der Waals surface area (Å²) in [6.45, 7) is 24.8. The molecule has 520 valence electrons. The average Bonchev–Trinajstić information content (AvgIpc) is 1.65. The Morgan fingerprint density at radius 3 is 1.66 bits per heavy atom. The number of ketones is 2. The van der Waals surface area contributed by atoms with Gasteiger partial charge in [-0.3, -0.25) is 24.0 Å². The minimum absolute atomic E-state index is 0. The fourth-order valence-electron chi connectivity index (χ4n) is 11.9. The minimum Gasteiger partial charge on any atom is -0.481 e. The Balaban J connectivity index is 0. The van der Waals surface area contributed by atoms with Crippen molar-refractivity contribution in [2.75, 3.05) is 14.2 Å². The molecular formula is C84H123LiO10. The number of aliphatic hydroxyl groups is 2. The molecule has 3 N–H and O–H groups in total. The summed E-state index contributed by atoms with van der Waals surface area (Å²) in [4.78, 5) is 55.1. The van der Waals surface area contributed by atoms with E-state index in [1.807, 2.05) is 57.2 Å². The molecule has 0 bridgehead atoms. The van der Waals surface area contributed by atoms with E-state index in [-0.39, 0.29) is 81.7 Å². The Labute approximate surface area is 589 Å². The maximum Gasteiger partial charge on any atom is 1.00 e. The largest absolute Gasteiger partial charge is 1.00 e. The van der Waals surface area contributed by atoms with Gasteiger partial charge in [0.05, 0.1) is 26.4 Å². The number of unbranched alkanes of at least 4 members (excludes halogenated alkanes) is 4. The van der Waals surface area contributed by atoms with Gasteiger partial charge in [0.1, 0.15) is 5.78 Å². The van der Waals surface area contributed by atoms with Gasteiger partial charge in [-0.15, -0.1) is 23.7 Å². The van der Waals surface area contributed by atoms with Crippen molar-refractivity contribution in [3.05, 3.63) is 173 Å². The number of methoxy groups -OCH3 is 2. The van der Waals surface area contributed by atoms with Crippen molar-refractivity contribution in [3.8, 4) is 23.7 Å². The average molecular weight is 1300 g/mol. The van der Waals surface area contributed by atoms with E-state index >= 15 is 0 Å². The van der Waals surface area contributed by atoms with Crippen molar-refractivity contribution in [2.24, 2.45) is 53.3 Å². The van der Waals surface area contributed by atoms with Crippen LogP contribution in [0.5, 0.6) is 0 Å². The molecule has 4 aliphatic carbocycles. The second-order valence-corrected chi connectivity index (χ2v) is 25.6. The molecule has 3 aromatic carbocycles. The smallest absolute Gasteiger partial charge is 0.481 e. The Hall–Kier alpha value is -6.25. The zero-order chi connectivity index (χ0) is 68.2. The molecule has 0 heterocycles. The second kappa shape index (κ2) is 53.8. The van der Waals surface area contributed by atoms with E-state index in [1.54, 1.807) is 6.08 Å². The summed E-state index contributed by atoms with van der Waals surface area (Å²) in [6, 6.07) is 25.6. The number of carboxylic acid groups (broad SMARTS) is 1. The molecule has 2 fully saturated rings. The van der Waals surface area contributed by atoms with Gasteiger partial charge in [-0.25, -0.2) is 0 Å². The molecule has 10 nitrogen and oxygen atoms in total. The number of fused-ring (bicyclic) bond motifs is 1. The number of hydrogen-bond donors (Lipinski definition) is 3. The summed E-state index contributed by atoms with van der Waals surface area (Å²) >= 11 is 0. The second-order valence-electron chi connectivity index (χ2n) is 25.6. The number of allylic oxidation sites excluding steroid dienone is 8. The van der Waals surface area contributed by atoms with Crippen LogP contribution < -0.4 is 18.9 Å². The molecule has 3 aromatic rings. The summed E-state index contributed by atoms with van der Waals surface area (Å²) in [5.74, 6) is 14.8. The van der Waals surface area contributed by atoms with Gasteiger partial charge in [-0.1, -0.05) is 206 Å². The van der Waals surface area contributed by atoms with Gasteiger partial charge in [-0.2, -0.15) is 6.42 Å². The molecule has 11 heteroatoms. The summed E-state index contributed by atoms with van der Waals surface area (Å²) in [6.07, 6.45) is 34.2. The van der Waals surface area contributed by atoms with Crippen LogP contribution in [0.2, 0.25) is 0 Å². The van der Waals surface area contributed by atoms with Crippen molar-refractivity contribution >= 4 is 29.5 Å². The zero-order valence-corrected chi connectivity index (χ0v) is 59.2. The predicted molar refractivity (Wildman–Crippen MR) is 392 cm³/mol. The van der Waals surface area contributed by atoms with E-state index in [1.165, 1.54) is 54.0 Å². The molecule has 0 radical (unpaired) electrons. The van der Waals surface area contributed by atoms with Gasteiger partial charge in [-0.05, 0) is 150 Å². The number of hydrogen-bond acceptors (Lipinski definition) is 9. The van der Waals surface area contributed by atoms with E-state index in [4.69, 9.17) is 5.11 Å². The minimum atomic E-state index is -0.727. The molecule has 7 rings (SSSR count). The monoisotopic (exact) mass is 1300 g/mol. The van der Waals surface area contributed by atoms with Crippen LogP contribution >= 0.6 is 0 Å². The molecular weight excluding hydrogens is 1180 g/mol. The Kier molecular flexibility index (Phi) is 51.5. The van der Waals surface area contributed by atoms with Crippen LogP contribution in [0.3, 0.4) is 0 Å².